The Morgan fingerprint density at radius 2 is 2.42 bits per heavy atom. The average molecular weight is 166 g/mol. The third kappa shape index (κ3) is 1.46. The van der Waals surface area contributed by atoms with Crippen molar-refractivity contribution in [1.82, 2.24) is 5.32 Å². The minimum absolute atomic E-state index is 0.524. The lowest BCUT2D eigenvalue weighted by molar-refractivity contribution is 0.394. The molecule has 0 bridgehead atoms. The van der Waals surface area contributed by atoms with Crippen LogP contribution in [0.1, 0.15) is 24.5 Å². The molecule has 0 amide bonds. The van der Waals surface area contributed by atoms with Crippen LogP contribution in [0.15, 0.2) is 16.5 Å². The first-order chi connectivity index (χ1) is 5.86. The molecule has 3 N–H and O–H groups in total. The van der Waals surface area contributed by atoms with Crippen LogP contribution in [-0.2, 0) is 0 Å². The normalized spacial score (nSPS) is 24.2. The van der Waals surface area contributed by atoms with Crippen LogP contribution in [0.2, 0.25) is 0 Å². The Kier molecular flexibility index (Phi) is 2.04. The fourth-order valence-electron chi connectivity index (χ4n) is 1.68. The van der Waals surface area contributed by atoms with Gasteiger partial charge in [0.05, 0.1) is 0 Å². The Bertz CT molecular complexity index is 251. The van der Waals surface area contributed by atoms with Crippen LogP contribution < -0.4 is 11.1 Å². The summed E-state index contributed by atoms with van der Waals surface area (Å²) in [6, 6.07) is 3.80. The van der Waals surface area contributed by atoms with E-state index in [0.717, 1.165) is 18.8 Å². The summed E-state index contributed by atoms with van der Waals surface area (Å²) in [5.41, 5.74) is 5.50. The Morgan fingerprint density at radius 1 is 1.50 bits per heavy atom. The predicted molar refractivity (Wildman–Crippen MR) is 48.0 cm³/mol. The smallest absolute Gasteiger partial charge is 0.190 e. The number of anilines is 1. The molecule has 2 heterocycles. The molecule has 3 heteroatoms. The maximum Gasteiger partial charge on any atom is 0.190 e. The lowest BCUT2D eigenvalue weighted by atomic mass is 9.97. The topological polar surface area (TPSA) is 51.2 Å². The van der Waals surface area contributed by atoms with Crippen LogP contribution in [-0.4, -0.2) is 13.1 Å². The van der Waals surface area contributed by atoms with Crippen molar-refractivity contribution < 1.29 is 4.42 Å². The van der Waals surface area contributed by atoms with E-state index in [-0.39, 0.29) is 0 Å². The van der Waals surface area contributed by atoms with E-state index in [1.165, 1.54) is 12.8 Å². The molecule has 0 spiro atoms. The quantitative estimate of drug-likeness (QED) is 0.661. The molecule has 66 valence electrons. The van der Waals surface area contributed by atoms with E-state index in [4.69, 9.17) is 10.2 Å². The van der Waals surface area contributed by atoms with E-state index < -0.39 is 0 Å². The average Bonchev–Trinajstić information content (AvgIpc) is 2.54. The minimum atomic E-state index is 0.524. The molecule has 1 saturated heterocycles. The van der Waals surface area contributed by atoms with Crippen molar-refractivity contribution in [3.8, 4) is 0 Å². The van der Waals surface area contributed by atoms with Gasteiger partial charge in [-0.25, -0.2) is 0 Å². The van der Waals surface area contributed by atoms with Gasteiger partial charge in [-0.05, 0) is 25.5 Å². The van der Waals surface area contributed by atoms with Gasteiger partial charge in [-0.2, -0.15) is 0 Å². The lowest BCUT2D eigenvalue weighted by Gasteiger charge is -2.20. The van der Waals surface area contributed by atoms with Crippen LogP contribution >= 0.6 is 0 Å². The number of furan rings is 1. The second-order valence-electron chi connectivity index (χ2n) is 3.28. The molecule has 0 saturated carbocycles. The maximum absolute atomic E-state index is 5.50. The fraction of sp³-hybridized carbons (Fsp3) is 0.556. The van der Waals surface area contributed by atoms with Crippen molar-refractivity contribution in [3.63, 3.8) is 0 Å². The van der Waals surface area contributed by atoms with Gasteiger partial charge in [0.2, 0.25) is 0 Å². The summed E-state index contributed by atoms with van der Waals surface area (Å²) >= 11 is 0. The summed E-state index contributed by atoms with van der Waals surface area (Å²) < 4.78 is 5.36. The molecule has 3 nitrogen and oxygen atoms in total. The number of hydrogen-bond acceptors (Lipinski definition) is 3. The highest BCUT2D eigenvalue weighted by Gasteiger charge is 2.17. The molecule has 1 fully saturated rings. The summed E-state index contributed by atoms with van der Waals surface area (Å²) in [6.45, 7) is 2.15. The van der Waals surface area contributed by atoms with Crippen molar-refractivity contribution in [2.45, 2.75) is 18.8 Å². The predicted octanol–water partition coefficient (Wildman–Crippen LogP) is 1.33. The highest BCUT2D eigenvalue weighted by Crippen LogP contribution is 2.25. The van der Waals surface area contributed by atoms with Crippen molar-refractivity contribution in [2.75, 3.05) is 18.8 Å². The van der Waals surface area contributed by atoms with E-state index in [1.54, 1.807) is 0 Å². The largest absolute Gasteiger partial charge is 0.446 e. The first kappa shape index (κ1) is 7.68. The zero-order chi connectivity index (χ0) is 8.39. The Balaban J connectivity index is 2.08. The van der Waals surface area contributed by atoms with Crippen LogP contribution in [0.3, 0.4) is 0 Å². The third-order valence-electron chi connectivity index (χ3n) is 2.35. The van der Waals surface area contributed by atoms with Gasteiger partial charge in [0.1, 0.15) is 5.76 Å². The summed E-state index contributed by atoms with van der Waals surface area (Å²) in [7, 11) is 0. The number of hydrogen-bond donors (Lipinski definition) is 2. The molecule has 1 aliphatic heterocycles. The van der Waals surface area contributed by atoms with Crippen molar-refractivity contribution in [2.24, 2.45) is 0 Å². The molecular formula is C9H14N2O. The van der Waals surface area contributed by atoms with Crippen LogP contribution in [0.25, 0.3) is 0 Å². The van der Waals surface area contributed by atoms with E-state index in [9.17, 15) is 0 Å². The van der Waals surface area contributed by atoms with E-state index in [0.29, 0.717) is 11.8 Å². The Morgan fingerprint density at radius 3 is 3.00 bits per heavy atom. The molecule has 12 heavy (non-hydrogen) atoms. The lowest BCUT2D eigenvalue weighted by Crippen LogP contribution is -2.28. The summed E-state index contributed by atoms with van der Waals surface area (Å²) in [5, 5.41) is 3.34. The summed E-state index contributed by atoms with van der Waals surface area (Å²) in [4.78, 5) is 0. The van der Waals surface area contributed by atoms with Gasteiger partial charge in [-0.15, -0.1) is 0 Å². The van der Waals surface area contributed by atoms with E-state index in [2.05, 4.69) is 5.32 Å². The van der Waals surface area contributed by atoms with Gasteiger partial charge in [-0.3, -0.25) is 0 Å². The van der Waals surface area contributed by atoms with Gasteiger partial charge < -0.3 is 15.5 Å². The second kappa shape index (κ2) is 3.19. The molecule has 2 rings (SSSR count). The van der Waals surface area contributed by atoms with Gasteiger partial charge in [0, 0.05) is 18.5 Å². The zero-order valence-electron chi connectivity index (χ0n) is 7.05. The first-order valence-electron chi connectivity index (χ1n) is 4.42. The monoisotopic (exact) mass is 166 g/mol. The highest BCUT2D eigenvalue weighted by molar-refractivity contribution is 5.27. The third-order valence-corrected chi connectivity index (χ3v) is 2.35. The molecule has 0 aromatic carbocycles. The van der Waals surface area contributed by atoms with Crippen molar-refractivity contribution in [3.05, 3.63) is 17.9 Å². The Hall–Kier alpha value is -0.960. The standard InChI is InChI=1S/C9H14N2O/c10-9-4-3-8(12-9)7-2-1-5-11-6-7/h3-4,7,11H,1-2,5-6,10H2. The molecular weight excluding hydrogens is 152 g/mol. The van der Waals surface area contributed by atoms with Crippen LogP contribution in [0, 0.1) is 0 Å². The molecule has 1 aromatic heterocycles. The molecule has 0 radical (unpaired) electrons. The highest BCUT2D eigenvalue weighted by atomic mass is 16.4. The number of nitrogens with two attached hydrogens (primary N) is 1. The van der Waals surface area contributed by atoms with E-state index in [1.807, 2.05) is 12.1 Å². The van der Waals surface area contributed by atoms with Gasteiger partial charge in [0.15, 0.2) is 5.88 Å². The van der Waals surface area contributed by atoms with Gasteiger partial charge >= 0.3 is 0 Å². The molecule has 1 unspecified atom stereocenters. The van der Waals surface area contributed by atoms with Crippen LogP contribution in [0.4, 0.5) is 5.88 Å². The molecule has 0 aliphatic carbocycles. The molecule has 1 atom stereocenters. The number of piperidine rings is 1. The first-order valence-corrected chi connectivity index (χ1v) is 4.42. The maximum atomic E-state index is 5.50. The van der Waals surface area contributed by atoms with Gasteiger partial charge in [0.25, 0.3) is 0 Å². The minimum Gasteiger partial charge on any atom is -0.446 e. The van der Waals surface area contributed by atoms with Crippen molar-refractivity contribution in [1.29, 1.82) is 0 Å². The molecule has 1 aromatic rings. The second-order valence-corrected chi connectivity index (χ2v) is 3.28. The summed E-state index contributed by atoms with van der Waals surface area (Å²) in [5.74, 6) is 2.08. The fourth-order valence-corrected chi connectivity index (χ4v) is 1.68. The van der Waals surface area contributed by atoms with Crippen molar-refractivity contribution >= 4 is 5.88 Å². The van der Waals surface area contributed by atoms with Gasteiger partial charge in [-0.1, -0.05) is 0 Å². The number of nitrogen functional groups attached to an aromatic ring is 1. The number of rotatable bonds is 1. The summed E-state index contributed by atoms with van der Waals surface area (Å²) in [6.07, 6.45) is 2.44. The SMILES string of the molecule is Nc1ccc(C2CCCNC2)o1. The Labute approximate surface area is 71.9 Å². The van der Waals surface area contributed by atoms with Crippen LogP contribution in [0.5, 0.6) is 0 Å². The zero-order valence-corrected chi connectivity index (χ0v) is 7.05. The molecule has 1 aliphatic rings. The number of nitrogens with one attached hydrogen (secondary N) is 1. The van der Waals surface area contributed by atoms with E-state index >= 15 is 0 Å².